The van der Waals surface area contributed by atoms with Crippen molar-refractivity contribution in [3.05, 3.63) is 46.8 Å². The minimum atomic E-state index is -0.615. The Labute approximate surface area is 142 Å². The molecule has 6 heteroatoms. The molecule has 0 fully saturated rings. The molecule has 1 heterocycles. The molecule has 2 amide bonds. The maximum Gasteiger partial charge on any atom is 0.269 e. The van der Waals surface area contributed by atoms with Crippen molar-refractivity contribution in [2.24, 2.45) is 5.73 Å². The van der Waals surface area contributed by atoms with Crippen LogP contribution in [-0.2, 0) is 12.0 Å². The molecule has 6 nitrogen and oxygen atoms in total. The highest BCUT2D eigenvalue weighted by molar-refractivity contribution is 6.08. The van der Waals surface area contributed by atoms with Crippen LogP contribution in [0.15, 0.2) is 24.3 Å². The van der Waals surface area contributed by atoms with Crippen molar-refractivity contribution in [3.8, 4) is 0 Å². The zero-order valence-corrected chi connectivity index (χ0v) is 14.8. The fraction of sp³-hybridized carbons (Fsp3) is 0.389. The molecule has 2 rings (SSSR count). The van der Waals surface area contributed by atoms with Crippen LogP contribution in [0.2, 0.25) is 0 Å². The summed E-state index contributed by atoms with van der Waals surface area (Å²) in [6, 6.07) is 7.43. The van der Waals surface area contributed by atoms with E-state index in [1.807, 2.05) is 19.1 Å². The van der Waals surface area contributed by atoms with Crippen molar-refractivity contribution >= 4 is 17.5 Å². The van der Waals surface area contributed by atoms with Gasteiger partial charge in [-0.3, -0.25) is 14.3 Å². The monoisotopic (exact) mass is 328 g/mol. The van der Waals surface area contributed by atoms with Crippen LogP contribution in [-0.4, -0.2) is 21.6 Å². The number of amides is 2. The van der Waals surface area contributed by atoms with E-state index in [2.05, 4.69) is 31.2 Å². The molecule has 0 aliphatic rings. The average Bonchev–Trinajstić information content (AvgIpc) is 2.82. The lowest BCUT2D eigenvalue weighted by molar-refractivity contribution is 0.0991. The third kappa shape index (κ3) is 3.48. The van der Waals surface area contributed by atoms with Crippen LogP contribution in [0, 0.1) is 6.92 Å². The first-order chi connectivity index (χ1) is 11.1. The van der Waals surface area contributed by atoms with E-state index >= 15 is 0 Å². The van der Waals surface area contributed by atoms with Crippen molar-refractivity contribution in [1.82, 2.24) is 9.78 Å². The largest absolute Gasteiger partial charge is 0.364 e. The molecule has 0 radical (unpaired) electrons. The minimum absolute atomic E-state index is 0.0208. The number of rotatable bonds is 4. The number of hydrogen-bond acceptors (Lipinski definition) is 3. The third-order valence-corrected chi connectivity index (χ3v) is 3.91. The molecule has 24 heavy (non-hydrogen) atoms. The summed E-state index contributed by atoms with van der Waals surface area (Å²) in [4.78, 5) is 24.2. The van der Waals surface area contributed by atoms with Crippen molar-refractivity contribution in [2.45, 2.75) is 46.6 Å². The number of nitrogens with zero attached hydrogens (tertiary/aromatic N) is 2. The number of benzene rings is 1. The van der Waals surface area contributed by atoms with Crippen LogP contribution in [0.25, 0.3) is 0 Å². The van der Waals surface area contributed by atoms with Gasteiger partial charge in [-0.25, -0.2) is 0 Å². The first kappa shape index (κ1) is 17.7. The van der Waals surface area contributed by atoms with Crippen molar-refractivity contribution in [1.29, 1.82) is 0 Å². The molecule has 0 aliphatic carbocycles. The Morgan fingerprint density at radius 1 is 1.21 bits per heavy atom. The van der Waals surface area contributed by atoms with Gasteiger partial charge >= 0.3 is 0 Å². The molecule has 1 aromatic carbocycles. The molecule has 128 valence electrons. The SMILES string of the molecule is CCn1nc(C)c(NC(=O)c2ccc(C(C)(C)C)cc2)c1C(N)=O. The van der Waals surface area contributed by atoms with Crippen LogP contribution in [0.3, 0.4) is 0 Å². The van der Waals surface area contributed by atoms with Gasteiger partial charge in [0.1, 0.15) is 5.69 Å². The molecule has 1 aromatic heterocycles. The van der Waals surface area contributed by atoms with Gasteiger partial charge in [-0.15, -0.1) is 0 Å². The molecule has 3 N–H and O–H groups in total. The Kier molecular flexibility index (Phi) is 4.78. The Morgan fingerprint density at radius 2 is 1.79 bits per heavy atom. The maximum atomic E-state index is 12.5. The summed E-state index contributed by atoms with van der Waals surface area (Å²) in [7, 11) is 0. The number of carbonyl (C=O) groups excluding carboxylic acids is 2. The second kappa shape index (κ2) is 6.47. The lowest BCUT2D eigenvalue weighted by Gasteiger charge is -2.19. The highest BCUT2D eigenvalue weighted by Gasteiger charge is 2.21. The van der Waals surface area contributed by atoms with Gasteiger partial charge in [-0.05, 0) is 37.0 Å². The van der Waals surface area contributed by atoms with Gasteiger partial charge in [-0.2, -0.15) is 5.10 Å². The van der Waals surface area contributed by atoms with E-state index in [9.17, 15) is 9.59 Å². The average molecular weight is 328 g/mol. The lowest BCUT2D eigenvalue weighted by Crippen LogP contribution is -2.21. The van der Waals surface area contributed by atoms with E-state index < -0.39 is 5.91 Å². The molecule has 0 unspecified atom stereocenters. The lowest BCUT2D eigenvalue weighted by atomic mass is 9.87. The second-order valence-corrected chi connectivity index (χ2v) is 6.77. The number of hydrogen-bond donors (Lipinski definition) is 2. The number of anilines is 1. The summed E-state index contributed by atoms with van der Waals surface area (Å²) in [6.07, 6.45) is 0. The first-order valence-electron chi connectivity index (χ1n) is 7.94. The predicted octanol–water partition coefficient (Wildman–Crippen LogP) is 2.86. The van der Waals surface area contributed by atoms with Crippen LogP contribution in [0.5, 0.6) is 0 Å². The van der Waals surface area contributed by atoms with E-state index in [0.29, 0.717) is 23.5 Å². The van der Waals surface area contributed by atoms with E-state index in [-0.39, 0.29) is 17.0 Å². The summed E-state index contributed by atoms with van der Waals surface area (Å²) >= 11 is 0. The number of aromatic nitrogens is 2. The Morgan fingerprint density at radius 3 is 2.25 bits per heavy atom. The van der Waals surface area contributed by atoms with Crippen molar-refractivity contribution in [2.75, 3.05) is 5.32 Å². The first-order valence-corrected chi connectivity index (χ1v) is 7.94. The standard InChI is InChI=1S/C18H24N4O2/c1-6-22-15(16(19)23)14(11(2)21-22)20-17(24)12-7-9-13(10-8-12)18(3,4)5/h7-10H,6H2,1-5H3,(H2,19,23)(H,20,24). The third-order valence-electron chi connectivity index (χ3n) is 3.91. The highest BCUT2D eigenvalue weighted by atomic mass is 16.2. The molecule has 0 saturated carbocycles. The summed E-state index contributed by atoms with van der Waals surface area (Å²) < 4.78 is 1.50. The normalized spacial score (nSPS) is 11.4. The van der Waals surface area contributed by atoms with Crippen molar-refractivity contribution in [3.63, 3.8) is 0 Å². The van der Waals surface area contributed by atoms with Gasteiger partial charge in [0.2, 0.25) is 0 Å². The van der Waals surface area contributed by atoms with Gasteiger partial charge < -0.3 is 11.1 Å². The Balaban J connectivity index is 2.30. The predicted molar refractivity (Wildman–Crippen MR) is 94.3 cm³/mol. The van der Waals surface area contributed by atoms with Gasteiger partial charge in [0.25, 0.3) is 11.8 Å². The number of primary amides is 1. The van der Waals surface area contributed by atoms with E-state index in [4.69, 9.17) is 5.73 Å². The number of nitrogens with one attached hydrogen (secondary N) is 1. The summed E-state index contributed by atoms with van der Waals surface area (Å²) in [5.41, 5.74) is 8.26. The molecule has 2 aromatic rings. The number of nitrogens with two attached hydrogens (primary N) is 1. The minimum Gasteiger partial charge on any atom is -0.364 e. The Hall–Kier alpha value is -2.63. The van der Waals surface area contributed by atoms with Crippen LogP contribution >= 0.6 is 0 Å². The summed E-state index contributed by atoms with van der Waals surface area (Å²) in [5, 5.41) is 7.01. The highest BCUT2D eigenvalue weighted by Crippen LogP contribution is 2.24. The molecular weight excluding hydrogens is 304 g/mol. The molecule has 0 bridgehead atoms. The molecule has 0 aliphatic heterocycles. The fourth-order valence-corrected chi connectivity index (χ4v) is 2.52. The molecule has 0 saturated heterocycles. The van der Waals surface area contributed by atoms with E-state index in [0.717, 1.165) is 5.56 Å². The van der Waals surface area contributed by atoms with Crippen molar-refractivity contribution < 1.29 is 9.59 Å². The summed E-state index contributed by atoms with van der Waals surface area (Å²) in [6.45, 7) is 10.4. The number of aryl methyl sites for hydroxylation is 2. The van der Waals surface area contributed by atoms with E-state index in [1.54, 1.807) is 19.1 Å². The number of carbonyl (C=O) groups is 2. The van der Waals surface area contributed by atoms with Crippen LogP contribution in [0.1, 0.15) is 59.8 Å². The summed E-state index contributed by atoms with van der Waals surface area (Å²) in [5.74, 6) is -0.910. The fourth-order valence-electron chi connectivity index (χ4n) is 2.52. The van der Waals surface area contributed by atoms with Gasteiger partial charge in [0.15, 0.2) is 0 Å². The van der Waals surface area contributed by atoms with Gasteiger partial charge in [-0.1, -0.05) is 32.9 Å². The van der Waals surface area contributed by atoms with Gasteiger partial charge in [0, 0.05) is 12.1 Å². The Bertz CT molecular complexity index is 768. The zero-order chi connectivity index (χ0) is 18.1. The van der Waals surface area contributed by atoms with Crippen LogP contribution < -0.4 is 11.1 Å². The molecule has 0 atom stereocenters. The topological polar surface area (TPSA) is 90.0 Å². The van der Waals surface area contributed by atoms with Crippen LogP contribution in [0.4, 0.5) is 5.69 Å². The zero-order valence-electron chi connectivity index (χ0n) is 14.8. The maximum absolute atomic E-state index is 12.5. The van der Waals surface area contributed by atoms with Gasteiger partial charge in [0.05, 0.1) is 11.4 Å². The smallest absolute Gasteiger partial charge is 0.269 e. The second-order valence-electron chi connectivity index (χ2n) is 6.77. The quantitative estimate of drug-likeness (QED) is 0.904. The molecule has 0 spiro atoms. The molecular formula is C18H24N4O2. The van der Waals surface area contributed by atoms with E-state index in [1.165, 1.54) is 4.68 Å².